The summed E-state index contributed by atoms with van der Waals surface area (Å²) in [6.45, 7) is 3.43. The maximum Gasteiger partial charge on any atom is 0.379 e. The Balaban J connectivity index is 2.41. The molecule has 0 aliphatic rings. The van der Waals surface area contributed by atoms with Gasteiger partial charge in [0.1, 0.15) is 11.6 Å². The van der Waals surface area contributed by atoms with Gasteiger partial charge in [-0.25, -0.2) is 9.18 Å². The monoisotopic (exact) mass is 366 g/mol. The third kappa shape index (κ3) is 4.28. The number of halogens is 2. The molecule has 0 radical (unpaired) electrons. The first-order valence-corrected chi connectivity index (χ1v) is 7.78. The van der Waals surface area contributed by atoms with Gasteiger partial charge in [-0.2, -0.15) is 0 Å². The highest BCUT2D eigenvalue weighted by Gasteiger charge is 2.24. The highest BCUT2D eigenvalue weighted by Crippen LogP contribution is 2.36. The molecule has 0 spiro atoms. The first-order valence-electron chi connectivity index (χ1n) is 7.40. The highest BCUT2D eigenvalue weighted by atomic mass is 35.5. The molecule has 0 heterocycles. The zero-order valence-corrected chi connectivity index (χ0v) is 14.6. The second-order valence-electron chi connectivity index (χ2n) is 5.07. The quantitative estimate of drug-likeness (QED) is 0.432. The fourth-order valence-corrected chi connectivity index (χ4v) is 2.25. The molecule has 0 N–H and O–H groups in total. The third-order valence-electron chi connectivity index (χ3n) is 3.27. The molecule has 0 amide bonds. The van der Waals surface area contributed by atoms with Gasteiger partial charge in [-0.15, -0.1) is 0 Å². The molecule has 2 aromatic rings. The van der Waals surface area contributed by atoms with Gasteiger partial charge in [0.05, 0.1) is 24.3 Å². The molecular weight excluding hydrogens is 351 g/mol. The summed E-state index contributed by atoms with van der Waals surface area (Å²) in [5.41, 5.74) is 0.469. The Hall–Kier alpha value is -2.60. The summed E-state index contributed by atoms with van der Waals surface area (Å²) < 4.78 is 29.5. The summed E-state index contributed by atoms with van der Waals surface area (Å²) in [6, 6.07) is 7.17. The van der Waals surface area contributed by atoms with Crippen molar-refractivity contribution in [2.24, 2.45) is 0 Å². The van der Waals surface area contributed by atoms with E-state index in [1.807, 2.05) is 6.92 Å². The SMILES string of the molecule is CCOC(=O)C(=O)c1cc(Oc2ccc(C)cc2OC)c(Cl)cc1F. The van der Waals surface area contributed by atoms with Crippen LogP contribution < -0.4 is 9.47 Å². The maximum atomic E-state index is 14.0. The van der Waals surface area contributed by atoms with Crippen molar-refractivity contribution < 1.29 is 28.2 Å². The number of ketones is 1. The standard InChI is InChI=1S/C18H16ClFO5/c1-4-24-18(22)17(21)11-8-15(12(19)9-13(11)20)25-14-6-5-10(2)7-16(14)23-3/h5-9H,4H2,1-3H3. The van der Waals surface area contributed by atoms with Gasteiger partial charge in [-0.3, -0.25) is 4.79 Å². The van der Waals surface area contributed by atoms with Gasteiger partial charge in [-0.05, 0) is 43.7 Å². The summed E-state index contributed by atoms with van der Waals surface area (Å²) in [6.07, 6.45) is 0. The second-order valence-corrected chi connectivity index (χ2v) is 5.48. The van der Waals surface area contributed by atoms with Gasteiger partial charge in [0.2, 0.25) is 0 Å². The number of aryl methyl sites for hydroxylation is 1. The van der Waals surface area contributed by atoms with Crippen LogP contribution in [0.25, 0.3) is 0 Å². The normalized spacial score (nSPS) is 10.3. The summed E-state index contributed by atoms with van der Waals surface area (Å²) in [5, 5.41) is -0.0551. The van der Waals surface area contributed by atoms with Crippen LogP contribution in [0, 0.1) is 12.7 Å². The van der Waals surface area contributed by atoms with Crippen molar-refractivity contribution in [1.29, 1.82) is 0 Å². The van der Waals surface area contributed by atoms with Crippen LogP contribution in [0.3, 0.4) is 0 Å². The molecule has 0 aliphatic heterocycles. The van der Waals surface area contributed by atoms with Crippen molar-refractivity contribution in [2.45, 2.75) is 13.8 Å². The van der Waals surface area contributed by atoms with E-state index in [4.69, 9.17) is 21.1 Å². The zero-order valence-electron chi connectivity index (χ0n) is 13.9. The molecule has 0 bridgehead atoms. The molecule has 0 atom stereocenters. The molecule has 2 aromatic carbocycles. The number of carbonyl (C=O) groups excluding carboxylic acids is 2. The number of carbonyl (C=O) groups is 2. The number of rotatable bonds is 6. The van der Waals surface area contributed by atoms with Gasteiger partial charge >= 0.3 is 5.97 Å². The second kappa shape index (κ2) is 7.98. The van der Waals surface area contributed by atoms with Crippen LogP contribution in [0.15, 0.2) is 30.3 Å². The van der Waals surface area contributed by atoms with E-state index in [0.29, 0.717) is 11.5 Å². The van der Waals surface area contributed by atoms with E-state index >= 15 is 0 Å². The fourth-order valence-electron chi connectivity index (χ4n) is 2.07. The molecule has 5 nitrogen and oxygen atoms in total. The number of Topliss-reactive ketones (excluding diaryl/α,β-unsaturated/α-hetero) is 1. The molecule has 25 heavy (non-hydrogen) atoms. The van der Waals surface area contributed by atoms with Crippen LogP contribution in [0.1, 0.15) is 22.8 Å². The lowest BCUT2D eigenvalue weighted by Gasteiger charge is -2.13. The topological polar surface area (TPSA) is 61.8 Å². The number of methoxy groups -OCH3 is 1. The molecule has 0 unspecified atom stereocenters. The smallest absolute Gasteiger partial charge is 0.379 e. The first kappa shape index (κ1) is 18.7. The van der Waals surface area contributed by atoms with Crippen molar-refractivity contribution in [3.63, 3.8) is 0 Å². The van der Waals surface area contributed by atoms with Crippen LogP contribution in [0.5, 0.6) is 17.2 Å². The predicted molar refractivity (Wildman–Crippen MR) is 90.2 cm³/mol. The van der Waals surface area contributed by atoms with Crippen LogP contribution in [-0.2, 0) is 9.53 Å². The van der Waals surface area contributed by atoms with E-state index in [9.17, 15) is 14.0 Å². The van der Waals surface area contributed by atoms with Crippen LogP contribution in [0.4, 0.5) is 4.39 Å². The Morgan fingerprint density at radius 3 is 2.48 bits per heavy atom. The predicted octanol–water partition coefficient (Wildman–Crippen LogP) is 4.33. The van der Waals surface area contributed by atoms with Crippen LogP contribution in [0.2, 0.25) is 5.02 Å². The Morgan fingerprint density at radius 1 is 1.12 bits per heavy atom. The number of hydrogen-bond donors (Lipinski definition) is 0. The molecule has 0 fully saturated rings. The van der Waals surface area contributed by atoms with Crippen molar-refractivity contribution >= 4 is 23.4 Å². The maximum absolute atomic E-state index is 14.0. The minimum absolute atomic E-state index is 0.00368. The van der Waals surface area contributed by atoms with Gasteiger partial charge in [0.25, 0.3) is 5.78 Å². The fraction of sp³-hybridized carbons (Fsp3) is 0.222. The first-order chi connectivity index (χ1) is 11.9. The average Bonchev–Trinajstić information content (AvgIpc) is 2.58. The van der Waals surface area contributed by atoms with E-state index < -0.39 is 23.1 Å². The Bertz CT molecular complexity index is 819. The molecular formula is C18H16ClFO5. The Labute approximate surface area is 149 Å². The number of hydrogen-bond acceptors (Lipinski definition) is 5. The van der Waals surface area contributed by atoms with E-state index in [-0.39, 0.29) is 17.4 Å². The van der Waals surface area contributed by atoms with E-state index in [0.717, 1.165) is 17.7 Å². The van der Waals surface area contributed by atoms with Crippen LogP contribution >= 0.6 is 11.6 Å². The minimum atomic E-state index is -1.15. The molecule has 132 valence electrons. The molecule has 7 heteroatoms. The summed E-state index contributed by atoms with van der Waals surface area (Å²) in [5.74, 6) is -2.42. The number of benzene rings is 2. The molecule has 0 aliphatic carbocycles. The molecule has 2 rings (SSSR count). The molecule has 0 saturated heterocycles. The van der Waals surface area contributed by atoms with Crippen molar-refractivity contribution in [2.75, 3.05) is 13.7 Å². The van der Waals surface area contributed by atoms with Gasteiger partial charge in [-0.1, -0.05) is 17.7 Å². The van der Waals surface area contributed by atoms with Crippen molar-refractivity contribution in [3.05, 3.63) is 52.3 Å². The lowest BCUT2D eigenvalue weighted by molar-refractivity contribution is -0.137. The van der Waals surface area contributed by atoms with E-state index in [2.05, 4.69) is 4.74 Å². The summed E-state index contributed by atoms with van der Waals surface area (Å²) in [7, 11) is 1.48. The van der Waals surface area contributed by atoms with Gasteiger partial charge in [0.15, 0.2) is 11.5 Å². The minimum Gasteiger partial charge on any atom is -0.493 e. The van der Waals surface area contributed by atoms with Gasteiger partial charge < -0.3 is 14.2 Å². The van der Waals surface area contributed by atoms with Crippen molar-refractivity contribution in [1.82, 2.24) is 0 Å². The lowest BCUT2D eigenvalue weighted by atomic mass is 10.1. The summed E-state index contributed by atoms with van der Waals surface area (Å²) >= 11 is 5.99. The van der Waals surface area contributed by atoms with Crippen molar-refractivity contribution in [3.8, 4) is 17.2 Å². The van der Waals surface area contributed by atoms with E-state index in [1.165, 1.54) is 7.11 Å². The Kier molecular flexibility index (Phi) is 5.98. The summed E-state index contributed by atoms with van der Waals surface area (Å²) in [4.78, 5) is 23.6. The largest absolute Gasteiger partial charge is 0.493 e. The third-order valence-corrected chi connectivity index (χ3v) is 3.56. The average molecular weight is 367 g/mol. The van der Waals surface area contributed by atoms with Crippen LogP contribution in [-0.4, -0.2) is 25.5 Å². The number of esters is 1. The molecule has 0 aromatic heterocycles. The van der Waals surface area contributed by atoms with E-state index in [1.54, 1.807) is 25.1 Å². The Morgan fingerprint density at radius 2 is 1.84 bits per heavy atom. The zero-order chi connectivity index (χ0) is 18.6. The molecule has 0 saturated carbocycles. The highest BCUT2D eigenvalue weighted by molar-refractivity contribution is 6.41. The van der Waals surface area contributed by atoms with Gasteiger partial charge in [0, 0.05) is 0 Å². The lowest BCUT2D eigenvalue weighted by Crippen LogP contribution is -2.18. The number of ether oxygens (including phenoxy) is 3.